The van der Waals surface area contributed by atoms with Crippen molar-refractivity contribution < 1.29 is 30.0 Å². The van der Waals surface area contributed by atoms with Crippen LogP contribution < -0.4 is 0 Å². The molecule has 0 spiro atoms. The number of aryl methyl sites for hydroxylation is 3. The maximum absolute atomic E-state index is 12.2. The number of carbonyl (C=O) groups excluding carboxylic acids is 1. The minimum absolute atomic E-state index is 0. The smallest absolute Gasteiger partial charge is 0.164 e. The molecule has 50 heavy (non-hydrogen) atoms. The molecule has 5 heteroatoms. The normalized spacial score (nSPS) is 13.7. The molecule has 0 amide bonds. The second kappa shape index (κ2) is 14.9. The van der Waals surface area contributed by atoms with Crippen LogP contribution in [-0.2, 0) is 30.3 Å². The van der Waals surface area contributed by atoms with Crippen molar-refractivity contribution in [1.29, 1.82) is 0 Å². The van der Waals surface area contributed by atoms with Gasteiger partial charge in [-0.1, -0.05) is 127 Å². The van der Waals surface area contributed by atoms with Crippen molar-refractivity contribution in [2.24, 2.45) is 10.8 Å². The molecule has 1 aromatic heterocycles. The molecule has 265 valence electrons. The first-order chi connectivity index (χ1) is 23.1. The molecule has 0 saturated carbocycles. The van der Waals surface area contributed by atoms with E-state index in [0.717, 1.165) is 48.0 Å². The first-order valence-corrected chi connectivity index (χ1v) is 17.9. The van der Waals surface area contributed by atoms with Crippen LogP contribution in [0.15, 0.2) is 72.8 Å². The summed E-state index contributed by atoms with van der Waals surface area (Å²) in [5.41, 5.74) is 9.86. The number of benzene rings is 4. The van der Waals surface area contributed by atoms with Gasteiger partial charge in [-0.3, -0.25) is 9.78 Å². The van der Waals surface area contributed by atoms with Crippen LogP contribution in [0.2, 0.25) is 0 Å². The van der Waals surface area contributed by atoms with Crippen LogP contribution in [0.3, 0.4) is 0 Å². The van der Waals surface area contributed by atoms with Crippen LogP contribution in [0, 0.1) is 37.7 Å². The Balaban J connectivity index is 0.000000269. The molecular formula is C45H53IrN2O2-. The number of hydrogen-bond donors (Lipinski definition) is 1. The molecule has 0 fully saturated rings. The number of rotatable bonds is 8. The summed E-state index contributed by atoms with van der Waals surface area (Å²) >= 11 is 0. The summed E-state index contributed by atoms with van der Waals surface area (Å²) in [5.74, 6) is 0.286. The zero-order valence-corrected chi connectivity index (χ0v) is 34.2. The molecule has 1 heterocycles. The number of aliphatic hydroxyl groups excluding tert-OH is 1. The SMILES string of the molecule is CCC(C)(CC)C(=O)/C=C(\O)C(C)(CC)CC.Cc1cc(C)c2c(C)cc(-c3ncnc4c3C(C)(C)c3c-4ccc4ccccc34)[c-]c2c1.[Ir]. The summed E-state index contributed by atoms with van der Waals surface area (Å²) < 4.78 is 0. The number of ketones is 1. The largest absolute Gasteiger partial charge is 0.512 e. The number of allylic oxidation sites excluding steroid dienone is 2. The predicted molar refractivity (Wildman–Crippen MR) is 206 cm³/mol. The standard InChI is InChI=1S/C30H25N2.C15H28O2.Ir/c1-17-12-18(2)25-19(3)14-22(15-21(25)13-17)28-27-29(32-16-31-28)24-11-10-20-8-6-7-9-23(20)26(24)30(27,4)5;1-7-14(5,8-2)12(16)11-13(17)15(6,9-3)10-4;/h6-14,16H,1-5H3;11,16H,7-10H2,1-6H3;/q-1;;/b;12-11-;. The van der Waals surface area contributed by atoms with Gasteiger partial charge in [0.05, 0.1) is 5.69 Å². The van der Waals surface area contributed by atoms with Crippen molar-refractivity contribution in [2.75, 3.05) is 0 Å². The molecule has 0 bridgehead atoms. The van der Waals surface area contributed by atoms with E-state index in [1.807, 2.05) is 41.5 Å². The van der Waals surface area contributed by atoms with Gasteiger partial charge in [0.15, 0.2) is 5.78 Å². The van der Waals surface area contributed by atoms with Gasteiger partial charge in [-0.05, 0) is 61.4 Å². The quantitative estimate of drug-likeness (QED) is 0.0960. The maximum atomic E-state index is 12.2. The van der Waals surface area contributed by atoms with Crippen LogP contribution in [0.5, 0.6) is 0 Å². The summed E-state index contributed by atoms with van der Waals surface area (Å²) in [7, 11) is 0. The third-order valence-corrected chi connectivity index (χ3v) is 11.6. The van der Waals surface area contributed by atoms with E-state index in [2.05, 4.69) is 95.3 Å². The van der Waals surface area contributed by atoms with E-state index in [9.17, 15) is 9.90 Å². The predicted octanol–water partition coefficient (Wildman–Crippen LogP) is 12.1. The fourth-order valence-electron chi connectivity index (χ4n) is 7.52. The summed E-state index contributed by atoms with van der Waals surface area (Å²) in [6.45, 7) is 23.2. The summed E-state index contributed by atoms with van der Waals surface area (Å²) in [6, 6.07) is 23.5. The van der Waals surface area contributed by atoms with Gasteiger partial charge < -0.3 is 5.11 Å². The molecule has 1 radical (unpaired) electrons. The molecule has 1 N–H and O–H groups in total. The summed E-state index contributed by atoms with van der Waals surface area (Å²) in [6.07, 6.45) is 6.47. The van der Waals surface area contributed by atoms with Gasteiger partial charge in [0, 0.05) is 53.7 Å². The molecule has 1 aliphatic rings. The molecule has 6 rings (SSSR count). The maximum Gasteiger partial charge on any atom is 0.164 e. The molecular weight excluding hydrogens is 793 g/mol. The Morgan fingerprint density at radius 1 is 0.820 bits per heavy atom. The molecule has 0 unspecified atom stereocenters. The Hall–Kier alpha value is -3.66. The first-order valence-electron chi connectivity index (χ1n) is 17.9. The molecule has 0 aliphatic heterocycles. The summed E-state index contributed by atoms with van der Waals surface area (Å²) in [5, 5.41) is 15.1. The van der Waals surface area contributed by atoms with Gasteiger partial charge >= 0.3 is 0 Å². The van der Waals surface area contributed by atoms with Gasteiger partial charge in [-0.2, -0.15) is 0 Å². The second-order valence-electron chi connectivity index (χ2n) is 15.1. The van der Waals surface area contributed by atoms with Gasteiger partial charge in [0.2, 0.25) is 0 Å². The van der Waals surface area contributed by atoms with Crippen LogP contribution in [0.1, 0.15) is 109 Å². The van der Waals surface area contributed by atoms with Gasteiger partial charge in [0.25, 0.3) is 0 Å². The topological polar surface area (TPSA) is 63.1 Å². The minimum atomic E-state index is -0.337. The minimum Gasteiger partial charge on any atom is -0.512 e. The third kappa shape index (κ3) is 6.84. The monoisotopic (exact) mass is 846 g/mol. The van der Waals surface area contributed by atoms with Crippen LogP contribution in [-0.4, -0.2) is 20.9 Å². The Morgan fingerprint density at radius 3 is 2.06 bits per heavy atom. The van der Waals surface area contributed by atoms with Crippen molar-refractivity contribution in [3.8, 4) is 22.5 Å². The van der Waals surface area contributed by atoms with E-state index in [-0.39, 0.29) is 47.9 Å². The van der Waals surface area contributed by atoms with E-state index < -0.39 is 0 Å². The number of carbonyl (C=O) groups is 1. The Morgan fingerprint density at radius 2 is 1.42 bits per heavy atom. The van der Waals surface area contributed by atoms with Crippen LogP contribution >= 0.6 is 0 Å². The van der Waals surface area contributed by atoms with Gasteiger partial charge in [-0.25, -0.2) is 4.98 Å². The van der Waals surface area contributed by atoms with E-state index in [4.69, 9.17) is 9.97 Å². The van der Waals surface area contributed by atoms with E-state index in [0.29, 0.717) is 0 Å². The Labute approximate surface area is 313 Å². The molecule has 4 nitrogen and oxygen atoms in total. The number of fused-ring (bicyclic) bond motifs is 6. The van der Waals surface area contributed by atoms with Crippen molar-refractivity contribution >= 4 is 27.3 Å². The zero-order valence-electron chi connectivity index (χ0n) is 31.8. The van der Waals surface area contributed by atoms with Gasteiger partial charge in [-0.15, -0.1) is 29.1 Å². The Bertz CT molecular complexity index is 2080. The third-order valence-electron chi connectivity index (χ3n) is 11.6. The fraction of sp³-hybridized carbons (Fsp3) is 0.400. The van der Waals surface area contributed by atoms with E-state index in [1.54, 1.807) is 6.33 Å². The van der Waals surface area contributed by atoms with Crippen molar-refractivity contribution in [2.45, 2.75) is 107 Å². The fourth-order valence-corrected chi connectivity index (χ4v) is 7.52. The first kappa shape index (κ1) is 39.1. The molecule has 0 saturated heterocycles. The van der Waals surface area contributed by atoms with Crippen LogP contribution in [0.25, 0.3) is 44.1 Å². The number of nitrogens with zero attached hydrogens (tertiary/aromatic N) is 2. The summed E-state index contributed by atoms with van der Waals surface area (Å²) in [4.78, 5) is 21.8. The number of aliphatic hydroxyl groups is 1. The molecule has 5 aromatic rings. The second-order valence-corrected chi connectivity index (χ2v) is 15.1. The van der Waals surface area contributed by atoms with Crippen molar-refractivity contribution in [3.63, 3.8) is 0 Å². The van der Waals surface area contributed by atoms with Crippen LogP contribution in [0.4, 0.5) is 0 Å². The average molecular weight is 846 g/mol. The Kier molecular flexibility index (Phi) is 11.7. The van der Waals surface area contributed by atoms with E-state index in [1.165, 1.54) is 55.6 Å². The van der Waals surface area contributed by atoms with E-state index >= 15 is 0 Å². The average Bonchev–Trinajstić information content (AvgIpc) is 3.33. The number of aromatic nitrogens is 2. The molecule has 0 atom stereocenters. The molecule has 4 aromatic carbocycles. The number of hydrogen-bond acceptors (Lipinski definition) is 4. The van der Waals surface area contributed by atoms with Gasteiger partial charge in [0.1, 0.15) is 12.1 Å². The van der Waals surface area contributed by atoms with Crippen molar-refractivity contribution in [3.05, 3.63) is 107 Å². The van der Waals surface area contributed by atoms with Crippen molar-refractivity contribution in [1.82, 2.24) is 9.97 Å². The molecule has 1 aliphatic carbocycles. The zero-order chi connectivity index (χ0) is 35.9.